The highest BCUT2D eigenvalue weighted by Crippen LogP contribution is 2.36. The van der Waals surface area contributed by atoms with Crippen LogP contribution in [0.3, 0.4) is 0 Å². The Morgan fingerprint density at radius 2 is 1.96 bits per heavy atom. The molecule has 0 aliphatic rings. The molecule has 3 rings (SSSR count). The number of halogens is 1. The lowest BCUT2D eigenvalue weighted by atomic mass is 10.0. The number of nitrogens with zero attached hydrogens (tertiary/aromatic N) is 2. The molecule has 25 heavy (non-hydrogen) atoms. The van der Waals surface area contributed by atoms with Gasteiger partial charge in [-0.3, -0.25) is 9.36 Å². The van der Waals surface area contributed by atoms with Crippen molar-refractivity contribution in [3.8, 4) is 11.1 Å². The van der Waals surface area contributed by atoms with Crippen LogP contribution in [0.4, 0.5) is 4.39 Å². The van der Waals surface area contributed by atoms with Gasteiger partial charge in [-0.25, -0.2) is 14.2 Å². The van der Waals surface area contributed by atoms with Crippen LogP contribution in [0.1, 0.15) is 30.1 Å². The number of hydrogen-bond acceptors (Lipinski definition) is 4. The molecular formula is C18H17FN2O3S. The van der Waals surface area contributed by atoms with Crippen LogP contribution in [-0.4, -0.2) is 20.6 Å². The summed E-state index contributed by atoms with van der Waals surface area (Å²) in [4.78, 5) is 30.6. The lowest BCUT2D eigenvalue weighted by Crippen LogP contribution is -2.32. The predicted octanol–water partition coefficient (Wildman–Crippen LogP) is 3.92. The molecule has 0 radical (unpaired) electrons. The van der Waals surface area contributed by atoms with Gasteiger partial charge in [0, 0.05) is 10.4 Å². The second kappa shape index (κ2) is 6.40. The number of carboxylic acids is 1. The van der Waals surface area contributed by atoms with Crippen LogP contribution in [0, 0.1) is 19.7 Å². The average molecular weight is 360 g/mol. The number of thiophene rings is 1. The van der Waals surface area contributed by atoms with Crippen LogP contribution in [0.15, 0.2) is 29.1 Å². The van der Waals surface area contributed by atoms with E-state index in [-0.39, 0.29) is 17.8 Å². The molecule has 0 amide bonds. The van der Waals surface area contributed by atoms with E-state index in [2.05, 4.69) is 4.98 Å². The zero-order valence-electron chi connectivity index (χ0n) is 14.0. The number of hydrogen-bond donors (Lipinski definition) is 1. The van der Waals surface area contributed by atoms with Crippen LogP contribution in [0.5, 0.6) is 0 Å². The Labute approximate surface area is 147 Å². The van der Waals surface area contributed by atoms with E-state index in [1.807, 2.05) is 6.92 Å². The maximum absolute atomic E-state index is 13.2. The van der Waals surface area contributed by atoms with Gasteiger partial charge in [0.2, 0.25) is 0 Å². The van der Waals surface area contributed by atoms with Crippen molar-refractivity contribution in [3.05, 3.63) is 51.1 Å². The molecule has 0 aliphatic carbocycles. The van der Waals surface area contributed by atoms with E-state index in [0.717, 1.165) is 4.88 Å². The Kier molecular flexibility index (Phi) is 4.43. The van der Waals surface area contributed by atoms with E-state index in [1.54, 1.807) is 26.0 Å². The number of aryl methyl sites for hydroxylation is 2. The van der Waals surface area contributed by atoms with Crippen molar-refractivity contribution >= 4 is 27.5 Å². The number of aliphatic carboxylic acids is 1. The topological polar surface area (TPSA) is 72.2 Å². The van der Waals surface area contributed by atoms with Gasteiger partial charge in [-0.05, 0) is 38.0 Å². The molecular weight excluding hydrogens is 343 g/mol. The number of carboxylic acid groups (broad SMARTS) is 1. The number of carbonyl (C=O) groups is 1. The molecule has 1 N–H and O–H groups in total. The molecule has 3 aromatic rings. The highest BCUT2D eigenvalue weighted by atomic mass is 32.1. The van der Waals surface area contributed by atoms with Crippen LogP contribution in [0.2, 0.25) is 0 Å². The first-order valence-corrected chi connectivity index (χ1v) is 8.67. The highest BCUT2D eigenvalue weighted by molar-refractivity contribution is 7.19. The Morgan fingerprint density at radius 1 is 1.32 bits per heavy atom. The Morgan fingerprint density at radius 3 is 2.52 bits per heavy atom. The lowest BCUT2D eigenvalue weighted by molar-refractivity contribution is -0.141. The Balaban J connectivity index is 2.37. The van der Waals surface area contributed by atoms with Gasteiger partial charge in [0.05, 0.1) is 5.39 Å². The third kappa shape index (κ3) is 2.84. The van der Waals surface area contributed by atoms with Crippen LogP contribution >= 0.6 is 11.3 Å². The summed E-state index contributed by atoms with van der Waals surface area (Å²) in [5.41, 5.74) is 1.02. The third-order valence-electron chi connectivity index (χ3n) is 4.23. The number of rotatable bonds is 4. The summed E-state index contributed by atoms with van der Waals surface area (Å²) in [7, 11) is 0. The zero-order chi connectivity index (χ0) is 18.3. The van der Waals surface area contributed by atoms with Gasteiger partial charge in [0.15, 0.2) is 0 Å². The second-order valence-corrected chi connectivity index (χ2v) is 7.02. The van der Waals surface area contributed by atoms with E-state index >= 15 is 0 Å². The normalized spacial score (nSPS) is 12.5. The van der Waals surface area contributed by atoms with Crippen molar-refractivity contribution in [1.82, 2.24) is 9.55 Å². The van der Waals surface area contributed by atoms with E-state index in [9.17, 15) is 19.1 Å². The Bertz CT molecular complexity index is 1020. The maximum atomic E-state index is 13.2. The van der Waals surface area contributed by atoms with E-state index < -0.39 is 12.0 Å². The van der Waals surface area contributed by atoms with Crippen molar-refractivity contribution in [1.29, 1.82) is 0 Å². The molecule has 0 saturated heterocycles. The average Bonchev–Trinajstić information content (AvgIpc) is 2.88. The molecule has 1 aromatic carbocycles. The lowest BCUT2D eigenvalue weighted by Gasteiger charge is -2.16. The van der Waals surface area contributed by atoms with Crippen LogP contribution in [0.25, 0.3) is 21.3 Å². The van der Waals surface area contributed by atoms with E-state index in [4.69, 9.17) is 0 Å². The van der Waals surface area contributed by atoms with Gasteiger partial charge < -0.3 is 5.11 Å². The molecule has 0 bridgehead atoms. The summed E-state index contributed by atoms with van der Waals surface area (Å²) >= 11 is 1.38. The maximum Gasteiger partial charge on any atom is 0.326 e. The van der Waals surface area contributed by atoms with Gasteiger partial charge >= 0.3 is 5.97 Å². The fourth-order valence-electron chi connectivity index (χ4n) is 3.07. The fraction of sp³-hybridized carbons (Fsp3) is 0.278. The van der Waals surface area contributed by atoms with E-state index in [1.165, 1.54) is 28.0 Å². The second-order valence-electron chi connectivity index (χ2n) is 5.82. The minimum atomic E-state index is -1.07. The van der Waals surface area contributed by atoms with Gasteiger partial charge in [-0.2, -0.15) is 0 Å². The molecule has 5 nitrogen and oxygen atoms in total. The van der Waals surface area contributed by atoms with Crippen molar-refractivity contribution in [2.45, 2.75) is 33.2 Å². The molecule has 1 atom stereocenters. The number of fused-ring (bicyclic) bond motifs is 1. The first kappa shape index (κ1) is 17.3. The molecule has 0 saturated carbocycles. The largest absolute Gasteiger partial charge is 0.480 e. The molecule has 130 valence electrons. The number of aromatic nitrogens is 2. The number of benzene rings is 1. The fourth-order valence-corrected chi connectivity index (χ4v) is 4.16. The van der Waals surface area contributed by atoms with Crippen molar-refractivity contribution < 1.29 is 14.3 Å². The van der Waals surface area contributed by atoms with Gasteiger partial charge in [0.1, 0.15) is 22.5 Å². The summed E-state index contributed by atoms with van der Waals surface area (Å²) in [5.74, 6) is -1.05. The summed E-state index contributed by atoms with van der Waals surface area (Å²) in [6.07, 6.45) is 0.276. The third-order valence-corrected chi connectivity index (χ3v) is 5.23. The minimum absolute atomic E-state index is 0.276. The van der Waals surface area contributed by atoms with Gasteiger partial charge in [-0.15, -0.1) is 11.3 Å². The Hall–Kier alpha value is -2.54. The van der Waals surface area contributed by atoms with Crippen LogP contribution in [-0.2, 0) is 4.79 Å². The first-order chi connectivity index (χ1) is 11.8. The summed E-state index contributed by atoms with van der Waals surface area (Å²) in [6, 6.07) is 4.93. The molecule has 1 unspecified atom stereocenters. The molecule has 7 heteroatoms. The molecule has 0 aliphatic heterocycles. The SMILES string of the molecule is CCC(C(=O)O)n1c(C)nc2sc(C)c(-c3ccc(F)cc3)c2c1=O. The smallest absolute Gasteiger partial charge is 0.326 e. The first-order valence-electron chi connectivity index (χ1n) is 7.86. The zero-order valence-corrected chi connectivity index (χ0v) is 14.9. The van der Waals surface area contributed by atoms with Gasteiger partial charge in [-0.1, -0.05) is 19.1 Å². The quantitative estimate of drug-likeness (QED) is 0.765. The summed E-state index contributed by atoms with van der Waals surface area (Å²) < 4.78 is 14.5. The summed E-state index contributed by atoms with van der Waals surface area (Å²) in [5, 5.41) is 9.83. The van der Waals surface area contributed by atoms with Crippen molar-refractivity contribution in [3.63, 3.8) is 0 Å². The van der Waals surface area contributed by atoms with Gasteiger partial charge in [0.25, 0.3) is 5.56 Å². The molecule has 0 spiro atoms. The van der Waals surface area contributed by atoms with Crippen molar-refractivity contribution in [2.24, 2.45) is 0 Å². The van der Waals surface area contributed by atoms with Crippen LogP contribution < -0.4 is 5.56 Å². The molecule has 2 heterocycles. The minimum Gasteiger partial charge on any atom is -0.480 e. The molecule has 2 aromatic heterocycles. The van der Waals surface area contributed by atoms with E-state index in [0.29, 0.717) is 27.2 Å². The summed E-state index contributed by atoms with van der Waals surface area (Å²) in [6.45, 7) is 5.23. The predicted molar refractivity (Wildman–Crippen MR) is 95.7 cm³/mol. The monoisotopic (exact) mass is 360 g/mol. The highest BCUT2D eigenvalue weighted by Gasteiger charge is 2.25. The standard InChI is InChI=1S/C18H17FN2O3S/c1-4-13(18(23)24)21-10(3)20-16-15(17(21)22)14(9(2)25-16)11-5-7-12(19)8-6-11/h5-8,13H,4H2,1-3H3,(H,23,24). The molecule has 0 fully saturated rings. The van der Waals surface area contributed by atoms with Crippen molar-refractivity contribution in [2.75, 3.05) is 0 Å².